The summed E-state index contributed by atoms with van der Waals surface area (Å²) in [4.78, 5) is 10.8. The smallest absolute Gasteiger partial charge is 0.254 e. The predicted molar refractivity (Wildman–Crippen MR) is 60.2 cm³/mol. The average Bonchev–Trinajstić information content (AvgIpc) is 2.39. The van der Waals surface area contributed by atoms with E-state index in [9.17, 15) is 26.7 Å². The predicted octanol–water partition coefficient (Wildman–Crippen LogP) is 3.15. The maximum absolute atomic E-state index is 13.8. The number of benzene rings is 2. The molecule has 1 amide bonds. The summed E-state index contributed by atoms with van der Waals surface area (Å²) in [6.07, 6.45) is 0. The van der Waals surface area contributed by atoms with Crippen molar-refractivity contribution in [2.24, 2.45) is 5.73 Å². The van der Waals surface area contributed by atoms with E-state index in [1.807, 2.05) is 0 Å². The van der Waals surface area contributed by atoms with Gasteiger partial charge in [-0.3, -0.25) is 4.79 Å². The molecule has 0 aromatic heterocycles. The molecule has 2 aromatic rings. The minimum Gasteiger partial charge on any atom is -0.365 e. The Morgan fingerprint density at radius 3 is 1.65 bits per heavy atom. The number of nitrogens with two attached hydrogens (primary N) is 1. The van der Waals surface area contributed by atoms with Crippen molar-refractivity contribution in [3.8, 4) is 11.1 Å². The molecule has 2 rings (SSSR count). The van der Waals surface area contributed by atoms with Gasteiger partial charge >= 0.3 is 0 Å². The topological polar surface area (TPSA) is 43.1 Å². The number of primary amides is 1. The first-order valence-corrected chi connectivity index (χ1v) is 5.26. The number of hydrogen-bond donors (Lipinski definition) is 1. The quantitative estimate of drug-likeness (QED) is 0.669. The van der Waals surface area contributed by atoms with Crippen LogP contribution in [0.3, 0.4) is 0 Å². The molecule has 0 aliphatic carbocycles. The number of amides is 1. The number of hydrogen-bond acceptors (Lipinski definition) is 1. The summed E-state index contributed by atoms with van der Waals surface area (Å²) in [5, 5.41) is 0. The number of halogens is 5. The van der Waals surface area contributed by atoms with Gasteiger partial charge in [-0.1, -0.05) is 12.1 Å². The van der Waals surface area contributed by atoms with E-state index in [1.54, 1.807) is 0 Å². The molecule has 0 unspecified atom stereocenters. The van der Waals surface area contributed by atoms with Crippen molar-refractivity contribution >= 4 is 5.91 Å². The van der Waals surface area contributed by atoms with Crippen LogP contribution in [-0.2, 0) is 0 Å². The van der Waals surface area contributed by atoms with E-state index in [4.69, 9.17) is 0 Å². The molecule has 20 heavy (non-hydrogen) atoms. The lowest BCUT2D eigenvalue weighted by molar-refractivity contribution is 0.0990. The van der Waals surface area contributed by atoms with Crippen LogP contribution in [0.4, 0.5) is 22.0 Å². The lowest BCUT2D eigenvalue weighted by Gasteiger charge is -2.10. The Morgan fingerprint density at radius 1 is 0.800 bits per heavy atom. The summed E-state index contributed by atoms with van der Waals surface area (Å²) < 4.78 is 67.4. The second kappa shape index (κ2) is 4.92. The van der Waals surface area contributed by atoms with Crippen molar-refractivity contribution in [3.05, 3.63) is 58.9 Å². The summed E-state index contributed by atoms with van der Waals surface area (Å²) in [7, 11) is 0. The van der Waals surface area contributed by atoms with Crippen LogP contribution >= 0.6 is 0 Å². The fourth-order valence-electron chi connectivity index (χ4n) is 1.72. The SMILES string of the molecule is NC(=O)c1c(F)c(F)c(-c2ccc(F)cc2)c(F)c1F. The van der Waals surface area contributed by atoms with Crippen molar-refractivity contribution in [1.82, 2.24) is 0 Å². The summed E-state index contributed by atoms with van der Waals surface area (Å²) in [5.41, 5.74) is 1.85. The van der Waals surface area contributed by atoms with Gasteiger partial charge in [0.25, 0.3) is 5.91 Å². The number of carbonyl (C=O) groups is 1. The monoisotopic (exact) mass is 287 g/mol. The average molecular weight is 287 g/mol. The zero-order valence-electron chi connectivity index (χ0n) is 9.68. The lowest BCUT2D eigenvalue weighted by Crippen LogP contribution is -2.18. The maximum Gasteiger partial charge on any atom is 0.254 e. The Kier molecular flexibility index (Phi) is 3.44. The summed E-state index contributed by atoms with van der Waals surface area (Å²) in [6.45, 7) is 0. The second-order valence-electron chi connectivity index (χ2n) is 3.88. The fourth-order valence-corrected chi connectivity index (χ4v) is 1.72. The normalized spacial score (nSPS) is 10.7. The van der Waals surface area contributed by atoms with Gasteiger partial charge < -0.3 is 5.73 Å². The third-order valence-electron chi connectivity index (χ3n) is 2.64. The van der Waals surface area contributed by atoms with Crippen LogP contribution in [0.1, 0.15) is 10.4 Å². The highest BCUT2D eigenvalue weighted by Crippen LogP contribution is 2.32. The Bertz CT molecular complexity index is 668. The van der Waals surface area contributed by atoms with Gasteiger partial charge in [0.1, 0.15) is 11.4 Å². The number of rotatable bonds is 2. The van der Waals surface area contributed by atoms with Crippen LogP contribution in [0.15, 0.2) is 24.3 Å². The van der Waals surface area contributed by atoms with Gasteiger partial charge in [-0.15, -0.1) is 0 Å². The van der Waals surface area contributed by atoms with Gasteiger partial charge in [-0.2, -0.15) is 0 Å². The lowest BCUT2D eigenvalue weighted by atomic mass is 10.0. The van der Waals surface area contributed by atoms with E-state index in [1.165, 1.54) is 0 Å². The molecule has 0 saturated carbocycles. The molecular weight excluding hydrogens is 281 g/mol. The summed E-state index contributed by atoms with van der Waals surface area (Å²) >= 11 is 0. The standard InChI is InChI=1S/C13H6F5NO/c14-6-3-1-5(2-4-6)7-9(15)11(17)8(13(19)20)12(18)10(7)16/h1-4H,(H2,19,20). The van der Waals surface area contributed by atoms with Crippen LogP contribution in [0.2, 0.25) is 0 Å². The highest BCUT2D eigenvalue weighted by molar-refractivity contribution is 5.94. The van der Waals surface area contributed by atoms with Crippen molar-refractivity contribution in [2.75, 3.05) is 0 Å². The van der Waals surface area contributed by atoms with Gasteiger partial charge in [-0.25, -0.2) is 22.0 Å². The van der Waals surface area contributed by atoms with Gasteiger partial charge in [0.15, 0.2) is 23.3 Å². The molecule has 0 heterocycles. The number of carbonyl (C=O) groups excluding carboxylic acids is 1. The molecule has 0 bridgehead atoms. The Hall–Kier alpha value is -2.44. The molecule has 0 aliphatic heterocycles. The van der Waals surface area contributed by atoms with E-state index in [0.29, 0.717) is 0 Å². The summed E-state index contributed by atoms with van der Waals surface area (Å²) in [5.74, 6) is -9.66. The van der Waals surface area contributed by atoms with Crippen LogP contribution < -0.4 is 5.73 Å². The fraction of sp³-hybridized carbons (Fsp3) is 0. The molecular formula is C13H6F5NO. The van der Waals surface area contributed by atoms with Crippen LogP contribution in [0.25, 0.3) is 11.1 Å². The third kappa shape index (κ3) is 2.11. The minimum atomic E-state index is -1.89. The first kappa shape index (κ1) is 14.0. The molecule has 0 aliphatic rings. The van der Waals surface area contributed by atoms with Gasteiger partial charge in [-0.05, 0) is 17.7 Å². The Balaban J connectivity index is 2.79. The van der Waals surface area contributed by atoms with E-state index in [2.05, 4.69) is 5.73 Å². The van der Waals surface area contributed by atoms with Crippen molar-refractivity contribution in [3.63, 3.8) is 0 Å². The van der Waals surface area contributed by atoms with Gasteiger partial charge in [0.2, 0.25) is 0 Å². The largest absolute Gasteiger partial charge is 0.365 e. The van der Waals surface area contributed by atoms with Gasteiger partial charge in [0.05, 0.1) is 5.56 Å². The molecule has 0 spiro atoms. The van der Waals surface area contributed by atoms with Gasteiger partial charge in [0, 0.05) is 0 Å². The van der Waals surface area contributed by atoms with E-state index >= 15 is 0 Å². The minimum absolute atomic E-state index is 0.282. The highest BCUT2D eigenvalue weighted by atomic mass is 19.2. The molecule has 0 atom stereocenters. The molecule has 7 heteroatoms. The second-order valence-corrected chi connectivity index (χ2v) is 3.88. The summed E-state index contributed by atoms with van der Waals surface area (Å²) in [6, 6.07) is 3.62. The van der Waals surface area contributed by atoms with E-state index in [0.717, 1.165) is 24.3 Å². The Labute approximate surface area is 109 Å². The first-order chi connectivity index (χ1) is 9.34. The highest BCUT2D eigenvalue weighted by Gasteiger charge is 2.28. The van der Waals surface area contributed by atoms with Crippen LogP contribution in [0.5, 0.6) is 0 Å². The maximum atomic E-state index is 13.8. The molecule has 104 valence electrons. The Morgan fingerprint density at radius 2 is 1.25 bits per heavy atom. The van der Waals surface area contributed by atoms with Crippen LogP contribution in [0, 0.1) is 29.1 Å². The van der Waals surface area contributed by atoms with E-state index in [-0.39, 0.29) is 5.56 Å². The zero-order chi connectivity index (χ0) is 15.0. The van der Waals surface area contributed by atoms with Crippen LogP contribution in [-0.4, -0.2) is 5.91 Å². The van der Waals surface area contributed by atoms with E-state index < -0.39 is 46.1 Å². The molecule has 0 radical (unpaired) electrons. The molecule has 0 saturated heterocycles. The van der Waals surface area contributed by atoms with Crippen molar-refractivity contribution in [1.29, 1.82) is 0 Å². The molecule has 2 aromatic carbocycles. The first-order valence-electron chi connectivity index (χ1n) is 5.26. The zero-order valence-corrected chi connectivity index (χ0v) is 9.68. The van der Waals surface area contributed by atoms with Crippen molar-refractivity contribution in [2.45, 2.75) is 0 Å². The third-order valence-corrected chi connectivity index (χ3v) is 2.64. The molecule has 0 fully saturated rings. The molecule has 2 N–H and O–H groups in total. The van der Waals surface area contributed by atoms with Crippen molar-refractivity contribution < 1.29 is 26.7 Å². The molecule has 2 nitrogen and oxygen atoms in total.